The third-order valence-corrected chi connectivity index (χ3v) is 9.33. The van der Waals surface area contributed by atoms with Crippen LogP contribution < -0.4 is 5.32 Å². The van der Waals surface area contributed by atoms with E-state index < -0.39 is 58.2 Å². The average molecular weight is 622 g/mol. The van der Waals surface area contributed by atoms with Crippen LogP contribution in [-0.2, 0) is 40.2 Å². The van der Waals surface area contributed by atoms with Gasteiger partial charge in [0.25, 0.3) is 15.7 Å². The minimum atomic E-state index is -4.39. The first kappa shape index (κ1) is 31.3. The minimum Gasteiger partial charge on any atom is -0.443 e. The molecule has 0 radical (unpaired) electrons. The van der Waals surface area contributed by atoms with Crippen molar-refractivity contribution in [3.05, 3.63) is 70.3 Å². The molecule has 0 saturated carbocycles. The molecule has 5 rings (SSSR count). The summed E-state index contributed by atoms with van der Waals surface area (Å²) < 4.78 is 50.2. The molecule has 3 fully saturated rings. The molecule has 0 aliphatic carbocycles. The molecule has 0 aromatic heterocycles. The molecule has 1 amide bonds. The van der Waals surface area contributed by atoms with E-state index in [9.17, 15) is 28.4 Å². The quantitative estimate of drug-likeness (QED) is 0.262. The van der Waals surface area contributed by atoms with Crippen molar-refractivity contribution in [2.24, 2.45) is 5.92 Å². The van der Waals surface area contributed by atoms with Crippen molar-refractivity contribution in [3.63, 3.8) is 0 Å². The maximum Gasteiger partial charge on any atom is 0.407 e. The number of nitro benzene ring substituents is 1. The fourth-order valence-electron chi connectivity index (χ4n) is 5.30. The van der Waals surface area contributed by atoms with Gasteiger partial charge in [0.1, 0.15) is 6.10 Å². The molecule has 234 valence electrons. The zero-order chi connectivity index (χ0) is 30.4. The number of ether oxygens (including phenoxy) is 4. The van der Waals surface area contributed by atoms with E-state index in [0.29, 0.717) is 43.6 Å². The summed E-state index contributed by atoms with van der Waals surface area (Å²) in [5.41, 5.74) is 0.514. The number of fused-ring (bicyclic) bond motifs is 1. The van der Waals surface area contributed by atoms with Crippen molar-refractivity contribution in [1.82, 2.24) is 9.79 Å². The Balaban J connectivity index is 1.35. The van der Waals surface area contributed by atoms with Gasteiger partial charge >= 0.3 is 6.09 Å². The van der Waals surface area contributed by atoms with Gasteiger partial charge in [-0.15, -0.1) is 0 Å². The van der Waals surface area contributed by atoms with E-state index in [1.54, 1.807) is 0 Å². The van der Waals surface area contributed by atoms with E-state index in [1.807, 2.05) is 30.3 Å². The Labute approximate surface area is 249 Å². The highest BCUT2D eigenvalue weighted by Gasteiger charge is 2.44. The summed E-state index contributed by atoms with van der Waals surface area (Å²) in [6.45, 7) is 0.910. The molecule has 2 N–H and O–H groups in total. The van der Waals surface area contributed by atoms with Gasteiger partial charge in [-0.05, 0) is 43.4 Å². The van der Waals surface area contributed by atoms with Crippen molar-refractivity contribution in [1.29, 1.82) is 0 Å². The number of hydroxylamine groups is 1. The number of alkyl carbamates (subject to hydrolysis) is 1. The first-order chi connectivity index (χ1) is 20.7. The average Bonchev–Trinajstić information content (AvgIpc) is 3.63. The number of carbonyl (C=O) groups excluding carboxylic acids is 1. The van der Waals surface area contributed by atoms with Crippen LogP contribution in [0, 0.1) is 16.0 Å². The van der Waals surface area contributed by atoms with Crippen LogP contribution in [0.15, 0.2) is 59.5 Å². The molecule has 3 aliphatic rings. The topological polar surface area (TPSA) is 176 Å². The second kappa shape index (κ2) is 14.1. The molecular formula is C28H35N3O11S. The second-order valence-electron chi connectivity index (χ2n) is 10.6. The lowest BCUT2D eigenvalue weighted by Crippen LogP contribution is -2.52. The standard InChI is InChI=1S/C28H35N3O11S/c32-25(17-30(42-21-10-13-38-14-11-21)43(36,37)22-8-6-20(7-9-22)31(34)35)24(16-19-4-2-1-3-5-19)29-28(33)41-26-18-40-27-23(26)12-15-39-27/h1-9,21,23-27,32H,10-18H2,(H,29,33)/t23-,24?,25+,26?,27+/m1/s1. The zero-order valence-corrected chi connectivity index (χ0v) is 24.2. The number of benzene rings is 2. The van der Waals surface area contributed by atoms with Gasteiger partial charge in [-0.25, -0.2) is 13.2 Å². The molecule has 0 bridgehead atoms. The maximum absolute atomic E-state index is 13.7. The van der Waals surface area contributed by atoms with E-state index >= 15 is 0 Å². The van der Waals surface area contributed by atoms with Crippen molar-refractivity contribution in [2.45, 2.75) is 61.2 Å². The van der Waals surface area contributed by atoms with Gasteiger partial charge in [0, 0.05) is 25.3 Å². The molecule has 14 nitrogen and oxygen atoms in total. The Hall–Kier alpha value is -3.18. The van der Waals surface area contributed by atoms with Crippen molar-refractivity contribution in [2.75, 3.05) is 33.0 Å². The fourth-order valence-corrected chi connectivity index (χ4v) is 6.60. The van der Waals surface area contributed by atoms with E-state index in [2.05, 4.69) is 5.32 Å². The van der Waals surface area contributed by atoms with E-state index in [0.717, 1.165) is 29.8 Å². The number of hydrogen-bond donors (Lipinski definition) is 2. The van der Waals surface area contributed by atoms with E-state index in [-0.39, 0.29) is 29.5 Å². The summed E-state index contributed by atoms with van der Waals surface area (Å²) in [7, 11) is -4.39. The number of nitrogens with one attached hydrogen (secondary N) is 1. The molecule has 2 aromatic rings. The molecule has 3 aliphatic heterocycles. The molecule has 2 unspecified atom stereocenters. The van der Waals surface area contributed by atoms with Gasteiger partial charge in [0.2, 0.25) is 0 Å². The smallest absolute Gasteiger partial charge is 0.407 e. The van der Waals surface area contributed by atoms with Gasteiger partial charge in [-0.1, -0.05) is 34.8 Å². The summed E-state index contributed by atoms with van der Waals surface area (Å²) in [5, 5.41) is 25.3. The van der Waals surface area contributed by atoms with E-state index in [4.69, 9.17) is 23.8 Å². The van der Waals surface area contributed by atoms with Crippen LogP contribution in [0.2, 0.25) is 0 Å². The number of hydrogen-bond acceptors (Lipinski definition) is 11. The predicted molar refractivity (Wildman–Crippen MR) is 149 cm³/mol. The number of nitro groups is 1. The van der Waals surface area contributed by atoms with Crippen LogP contribution >= 0.6 is 0 Å². The first-order valence-electron chi connectivity index (χ1n) is 14.1. The van der Waals surface area contributed by atoms with Gasteiger partial charge in [0.05, 0.1) is 53.7 Å². The molecule has 0 spiro atoms. The highest BCUT2D eigenvalue weighted by atomic mass is 32.2. The van der Waals surface area contributed by atoms with Crippen LogP contribution in [0.5, 0.6) is 0 Å². The van der Waals surface area contributed by atoms with Gasteiger partial charge in [-0.3, -0.25) is 15.0 Å². The van der Waals surface area contributed by atoms with Gasteiger partial charge in [0.15, 0.2) is 6.29 Å². The summed E-state index contributed by atoms with van der Waals surface area (Å²) >= 11 is 0. The maximum atomic E-state index is 13.7. The summed E-state index contributed by atoms with van der Waals surface area (Å²) in [6.07, 6.45) is -1.96. The zero-order valence-electron chi connectivity index (χ0n) is 23.4. The Morgan fingerprint density at radius 2 is 1.79 bits per heavy atom. The lowest BCUT2D eigenvalue weighted by Gasteiger charge is -2.32. The Morgan fingerprint density at radius 1 is 1.07 bits per heavy atom. The molecule has 3 heterocycles. The molecule has 2 aromatic carbocycles. The van der Waals surface area contributed by atoms with Gasteiger partial charge < -0.3 is 29.4 Å². The molecular weight excluding hydrogens is 586 g/mol. The highest BCUT2D eigenvalue weighted by Crippen LogP contribution is 2.33. The Morgan fingerprint density at radius 3 is 2.49 bits per heavy atom. The highest BCUT2D eigenvalue weighted by molar-refractivity contribution is 7.89. The number of amides is 1. The first-order valence-corrected chi connectivity index (χ1v) is 15.6. The van der Waals surface area contributed by atoms with Crippen molar-refractivity contribution in [3.8, 4) is 0 Å². The molecule has 15 heteroatoms. The summed E-state index contributed by atoms with van der Waals surface area (Å²) in [5.74, 6) is -0.0848. The molecule has 3 saturated heterocycles. The minimum absolute atomic E-state index is 0.0848. The van der Waals surface area contributed by atoms with Crippen molar-refractivity contribution < 1.29 is 47.0 Å². The lowest BCUT2D eigenvalue weighted by atomic mass is 10.0. The van der Waals surface area contributed by atoms with Crippen LogP contribution in [0.4, 0.5) is 10.5 Å². The second-order valence-corrected chi connectivity index (χ2v) is 12.5. The third kappa shape index (κ3) is 7.86. The Bertz CT molecular complexity index is 1340. The normalized spacial score (nSPS) is 23.9. The number of nitrogens with zero attached hydrogens (tertiary/aromatic N) is 2. The largest absolute Gasteiger partial charge is 0.443 e. The van der Waals surface area contributed by atoms with Crippen LogP contribution in [0.3, 0.4) is 0 Å². The number of non-ortho nitro benzene ring substituents is 1. The SMILES string of the molecule is O=C(NC(Cc1ccccc1)[C@@H](O)CN(OC1CCOCC1)S(=O)(=O)c1ccc([N+](=O)[O-])cc1)OC1CO[C@@H]2OCC[C@H]12. The van der Waals surface area contributed by atoms with E-state index in [1.165, 1.54) is 0 Å². The number of carbonyl (C=O) groups is 1. The monoisotopic (exact) mass is 621 g/mol. The molecule has 5 atom stereocenters. The van der Waals surface area contributed by atoms with Crippen LogP contribution in [-0.4, -0.2) is 92.6 Å². The third-order valence-electron chi connectivity index (χ3n) is 7.69. The van der Waals surface area contributed by atoms with Crippen LogP contribution in [0.25, 0.3) is 0 Å². The number of rotatable bonds is 12. The predicted octanol–water partition coefficient (Wildman–Crippen LogP) is 2.16. The van der Waals surface area contributed by atoms with Crippen molar-refractivity contribution >= 4 is 21.8 Å². The lowest BCUT2D eigenvalue weighted by molar-refractivity contribution is -0.384. The Kier molecular flexibility index (Phi) is 10.2. The van der Waals surface area contributed by atoms with Gasteiger partial charge in [-0.2, -0.15) is 0 Å². The summed E-state index contributed by atoms with van der Waals surface area (Å²) in [4.78, 5) is 29.2. The fraction of sp³-hybridized carbons (Fsp3) is 0.536. The summed E-state index contributed by atoms with van der Waals surface area (Å²) in [6, 6.07) is 12.5. The number of aliphatic hydroxyl groups excluding tert-OH is 1. The van der Waals surface area contributed by atoms with Crippen LogP contribution in [0.1, 0.15) is 24.8 Å². The number of sulfonamides is 1. The molecule has 43 heavy (non-hydrogen) atoms. The number of aliphatic hydroxyl groups is 1.